The van der Waals surface area contributed by atoms with Gasteiger partial charge in [-0.3, -0.25) is 9.59 Å². The second-order valence-corrected chi connectivity index (χ2v) is 27.5. The second kappa shape index (κ2) is 82.1. The number of carbonyl (C=O) groups excluding carboxylic acids is 2. The van der Waals surface area contributed by atoms with Crippen LogP contribution in [0.1, 0.15) is 425 Å². The summed E-state index contributed by atoms with van der Waals surface area (Å²) in [6, 6.07) is 0. The van der Waals surface area contributed by atoms with Crippen LogP contribution in [-0.4, -0.2) is 36.4 Å². The summed E-state index contributed by atoms with van der Waals surface area (Å²) in [5.74, 6) is -0.567. The molecule has 0 rings (SSSR count). The lowest BCUT2D eigenvalue weighted by molar-refractivity contribution is -0.161. The van der Waals surface area contributed by atoms with Gasteiger partial charge in [0.2, 0.25) is 0 Å². The molecule has 1 unspecified atom stereocenters. The number of rotatable bonds is 76. The van der Waals surface area contributed by atoms with Crippen LogP contribution in [0.15, 0.2) is 97.2 Å². The summed E-state index contributed by atoms with van der Waals surface area (Å²) < 4.78 is 10.8. The lowest BCUT2D eigenvalue weighted by atomic mass is 10.0. The van der Waals surface area contributed by atoms with Gasteiger partial charge in [-0.05, 0) is 96.3 Å². The van der Waals surface area contributed by atoms with Crippen molar-refractivity contribution in [3.05, 3.63) is 97.2 Å². The highest BCUT2D eigenvalue weighted by molar-refractivity contribution is 5.70. The molecule has 0 aromatic rings. The first-order valence-corrected chi connectivity index (χ1v) is 40.8. The number of carbonyl (C=O) groups is 2. The van der Waals surface area contributed by atoms with Gasteiger partial charge in [-0.2, -0.15) is 0 Å². The van der Waals surface area contributed by atoms with Gasteiger partial charge in [0.05, 0.1) is 6.61 Å². The first kappa shape index (κ1) is 88.8. The molecule has 1 atom stereocenters. The van der Waals surface area contributed by atoms with E-state index in [9.17, 15) is 14.7 Å². The largest absolute Gasteiger partial charge is 0.462 e. The molecule has 0 spiro atoms. The van der Waals surface area contributed by atoms with Crippen molar-refractivity contribution in [2.75, 3.05) is 13.2 Å². The Morgan fingerprint density at radius 1 is 0.261 bits per heavy atom. The third-order valence-corrected chi connectivity index (χ3v) is 18.4. The lowest BCUT2D eigenvalue weighted by Gasteiger charge is -2.15. The molecule has 0 aromatic carbocycles. The summed E-state index contributed by atoms with van der Waals surface area (Å²) in [5, 5.41) is 9.74. The number of hydrogen-bond donors (Lipinski definition) is 1. The standard InChI is InChI=1S/C87H156O5/c1-3-5-7-9-11-13-15-17-19-21-23-25-27-29-31-33-35-37-39-41-43-45-47-49-51-53-55-57-59-61-63-65-67-69-71-73-75-77-79-81-86(89)91-84-85(83-88)92-87(90)82-80-78-76-74-72-70-68-66-64-62-60-58-56-54-52-50-48-46-44-42-40-38-36-34-32-30-28-26-24-22-20-18-16-14-12-10-8-6-4-2/h6,8,12,14-15,17-18,20-21,23-24,26-27,29-30,32,85,88H,3-5,7,9-11,13,16,19,22,25,28,31,33-84H2,1-2H3/b8-6-,14-12-,17-15-,20-18-,23-21-,26-24-,29-27-,32-30-. The van der Waals surface area contributed by atoms with Crippen LogP contribution in [0.2, 0.25) is 0 Å². The molecule has 0 amide bonds. The number of esters is 2. The molecule has 0 aromatic heterocycles. The molecule has 0 saturated carbocycles. The highest BCUT2D eigenvalue weighted by Crippen LogP contribution is 2.20. The maximum atomic E-state index is 12.4. The van der Waals surface area contributed by atoms with Gasteiger partial charge in [0.15, 0.2) is 6.10 Å². The molecule has 0 radical (unpaired) electrons. The molecule has 0 heterocycles. The summed E-state index contributed by atoms with van der Waals surface area (Å²) in [5.41, 5.74) is 0. The third-order valence-electron chi connectivity index (χ3n) is 18.4. The minimum Gasteiger partial charge on any atom is -0.462 e. The minimum atomic E-state index is -0.774. The van der Waals surface area contributed by atoms with Gasteiger partial charge in [-0.15, -0.1) is 0 Å². The predicted molar refractivity (Wildman–Crippen MR) is 408 cm³/mol. The molecule has 0 fully saturated rings. The molecule has 0 saturated heterocycles. The molecule has 5 heteroatoms. The highest BCUT2D eigenvalue weighted by Gasteiger charge is 2.16. The Bertz CT molecular complexity index is 1700. The Kier molecular flexibility index (Phi) is 79.2. The summed E-state index contributed by atoms with van der Waals surface area (Å²) >= 11 is 0. The van der Waals surface area contributed by atoms with Crippen molar-refractivity contribution in [3.63, 3.8) is 0 Å². The number of aliphatic hydroxyl groups is 1. The van der Waals surface area contributed by atoms with Gasteiger partial charge < -0.3 is 14.6 Å². The van der Waals surface area contributed by atoms with Gasteiger partial charge in [-0.1, -0.05) is 413 Å². The van der Waals surface area contributed by atoms with E-state index in [2.05, 4.69) is 111 Å². The van der Waals surface area contributed by atoms with E-state index in [1.807, 2.05) is 0 Å². The predicted octanol–water partition coefficient (Wildman–Crippen LogP) is 28.9. The molecule has 0 aliphatic heterocycles. The van der Waals surface area contributed by atoms with Gasteiger partial charge in [0.1, 0.15) is 6.61 Å². The molecule has 1 N–H and O–H groups in total. The average molecular weight is 1280 g/mol. The minimum absolute atomic E-state index is 0.0616. The van der Waals surface area contributed by atoms with E-state index < -0.39 is 6.10 Å². The van der Waals surface area contributed by atoms with E-state index >= 15 is 0 Å². The Labute approximate surface area is 574 Å². The van der Waals surface area contributed by atoms with Crippen molar-refractivity contribution in [3.8, 4) is 0 Å². The normalized spacial score (nSPS) is 12.7. The van der Waals surface area contributed by atoms with Crippen molar-refractivity contribution in [2.45, 2.75) is 431 Å². The fourth-order valence-corrected chi connectivity index (χ4v) is 12.3. The molecule has 92 heavy (non-hydrogen) atoms. The number of aliphatic hydroxyl groups excluding tert-OH is 1. The summed E-state index contributed by atoms with van der Waals surface area (Å²) in [7, 11) is 0. The topological polar surface area (TPSA) is 72.8 Å². The molecular weight excluding hydrogens is 1120 g/mol. The monoisotopic (exact) mass is 1280 g/mol. The van der Waals surface area contributed by atoms with Crippen LogP contribution in [0.25, 0.3) is 0 Å². The number of allylic oxidation sites excluding steroid dienone is 16. The van der Waals surface area contributed by atoms with Crippen molar-refractivity contribution in [1.82, 2.24) is 0 Å². The molecule has 5 nitrogen and oxygen atoms in total. The zero-order valence-electron chi connectivity index (χ0n) is 61.6. The van der Waals surface area contributed by atoms with Crippen LogP contribution in [0.4, 0.5) is 0 Å². The first-order chi connectivity index (χ1) is 45.6. The maximum Gasteiger partial charge on any atom is 0.306 e. The number of ether oxygens (including phenoxy) is 2. The Morgan fingerprint density at radius 2 is 0.467 bits per heavy atom. The average Bonchev–Trinajstić information content (AvgIpc) is 3.75. The number of hydrogen-bond acceptors (Lipinski definition) is 5. The van der Waals surface area contributed by atoms with Crippen LogP contribution in [0.3, 0.4) is 0 Å². The van der Waals surface area contributed by atoms with E-state index in [0.717, 1.165) is 83.5 Å². The van der Waals surface area contributed by atoms with Crippen LogP contribution in [0, 0.1) is 0 Å². The maximum absolute atomic E-state index is 12.4. The van der Waals surface area contributed by atoms with Crippen LogP contribution in [-0.2, 0) is 19.1 Å². The van der Waals surface area contributed by atoms with Crippen molar-refractivity contribution >= 4 is 11.9 Å². The summed E-state index contributed by atoms with van der Waals surface area (Å²) in [6.07, 6.45) is 118. The quantitative estimate of drug-likeness (QED) is 0.0373. The van der Waals surface area contributed by atoms with Crippen LogP contribution < -0.4 is 0 Å². The SMILES string of the molecule is CC/C=C\C/C=C\C/C=C\C/C=C\C/C=C\CCCCCCCCCCCCCCCCCCCCCCCCCC(=O)OC(CO)COC(=O)CCCCCCCCCCCCCCCCCCCCCCCCCC/C=C\C/C=C\C/C=C\CCCCCCC. The lowest BCUT2D eigenvalue weighted by Crippen LogP contribution is -2.28. The van der Waals surface area contributed by atoms with Gasteiger partial charge in [0, 0.05) is 12.8 Å². The fourth-order valence-electron chi connectivity index (χ4n) is 12.3. The molecule has 0 bridgehead atoms. The van der Waals surface area contributed by atoms with E-state index in [0.29, 0.717) is 12.8 Å². The third kappa shape index (κ3) is 79.3. The Balaban J connectivity index is 3.39. The Morgan fingerprint density at radius 3 is 0.707 bits per heavy atom. The van der Waals surface area contributed by atoms with E-state index in [1.54, 1.807) is 0 Å². The van der Waals surface area contributed by atoms with E-state index in [4.69, 9.17) is 9.47 Å². The second-order valence-electron chi connectivity index (χ2n) is 27.5. The molecule has 0 aliphatic carbocycles. The Hall–Kier alpha value is -3.18. The van der Waals surface area contributed by atoms with Gasteiger partial charge in [0.25, 0.3) is 0 Å². The van der Waals surface area contributed by atoms with Crippen LogP contribution in [0.5, 0.6) is 0 Å². The smallest absolute Gasteiger partial charge is 0.306 e. The van der Waals surface area contributed by atoms with E-state index in [1.165, 1.54) is 315 Å². The van der Waals surface area contributed by atoms with Gasteiger partial charge in [-0.25, -0.2) is 0 Å². The van der Waals surface area contributed by atoms with Gasteiger partial charge >= 0.3 is 11.9 Å². The summed E-state index contributed by atoms with van der Waals surface area (Å²) in [6.45, 7) is 4.07. The molecule has 0 aliphatic rings. The van der Waals surface area contributed by atoms with Crippen molar-refractivity contribution in [1.29, 1.82) is 0 Å². The highest BCUT2D eigenvalue weighted by atomic mass is 16.6. The summed E-state index contributed by atoms with van der Waals surface area (Å²) in [4.78, 5) is 24.7. The molecule has 534 valence electrons. The zero-order chi connectivity index (χ0) is 66.1. The number of unbranched alkanes of at least 4 members (excludes halogenated alkanes) is 52. The zero-order valence-corrected chi connectivity index (χ0v) is 61.6. The van der Waals surface area contributed by atoms with E-state index in [-0.39, 0.29) is 25.2 Å². The van der Waals surface area contributed by atoms with Crippen LogP contribution >= 0.6 is 0 Å². The molecular formula is C87H156O5. The van der Waals surface area contributed by atoms with Crippen molar-refractivity contribution < 1.29 is 24.2 Å². The first-order valence-electron chi connectivity index (χ1n) is 40.8. The fraction of sp³-hybridized carbons (Fsp3) is 0.793. The van der Waals surface area contributed by atoms with Crippen molar-refractivity contribution in [2.24, 2.45) is 0 Å².